The van der Waals surface area contributed by atoms with Crippen LogP contribution in [0.3, 0.4) is 0 Å². The Kier molecular flexibility index (Phi) is 4.82. The zero-order chi connectivity index (χ0) is 14.5. The molecule has 0 atom stereocenters. The third kappa shape index (κ3) is 3.62. The molecule has 0 spiro atoms. The van der Waals surface area contributed by atoms with E-state index in [2.05, 4.69) is 15.6 Å². The highest BCUT2D eigenvalue weighted by molar-refractivity contribution is 6.33. The van der Waals surface area contributed by atoms with Gasteiger partial charge in [-0.3, -0.25) is 4.79 Å². The first kappa shape index (κ1) is 14.6. The molecule has 0 aliphatic rings. The monoisotopic (exact) mass is 309 g/mol. The van der Waals surface area contributed by atoms with Gasteiger partial charge in [0.05, 0.1) is 10.6 Å². The number of carbonyl (C=O) groups excluding carboxylic acids is 1. The van der Waals surface area contributed by atoms with Crippen LogP contribution in [0.2, 0.25) is 10.0 Å². The van der Waals surface area contributed by atoms with Crippen LogP contribution in [0.25, 0.3) is 0 Å². The second kappa shape index (κ2) is 6.59. The van der Waals surface area contributed by atoms with E-state index in [9.17, 15) is 4.79 Å². The van der Waals surface area contributed by atoms with Crippen molar-refractivity contribution in [1.29, 1.82) is 0 Å². The van der Waals surface area contributed by atoms with Gasteiger partial charge in [-0.05, 0) is 37.3 Å². The van der Waals surface area contributed by atoms with Crippen LogP contribution in [0.15, 0.2) is 36.5 Å². The minimum atomic E-state index is -0.273. The smallest absolute Gasteiger partial charge is 0.257 e. The molecule has 4 nitrogen and oxygen atoms in total. The maximum absolute atomic E-state index is 12.1. The highest BCUT2D eigenvalue weighted by Gasteiger charge is 2.10. The van der Waals surface area contributed by atoms with Crippen molar-refractivity contribution in [1.82, 2.24) is 4.98 Å². The SMILES string of the molecule is CCNc1ncc(C(=O)Nc2ccc(Cl)cc2)cc1Cl. The third-order valence-electron chi connectivity index (χ3n) is 2.55. The standard InChI is InChI=1S/C14H13Cl2N3O/c1-2-17-13-12(16)7-9(8-18-13)14(20)19-11-5-3-10(15)4-6-11/h3-8H,2H2,1H3,(H,17,18)(H,19,20). The number of anilines is 2. The molecule has 0 aliphatic carbocycles. The Balaban J connectivity index is 2.13. The number of aromatic nitrogens is 1. The average Bonchev–Trinajstić information content (AvgIpc) is 2.44. The summed E-state index contributed by atoms with van der Waals surface area (Å²) in [5, 5.41) is 6.78. The van der Waals surface area contributed by atoms with Crippen molar-refractivity contribution < 1.29 is 4.79 Å². The number of amides is 1. The van der Waals surface area contributed by atoms with E-state index in [-0.39, 0.29) is 5.91 Å². The minimum Gasteiger partial charge on any atom is -0.369 e. The number of nitrogens with one attached hydrogen (secondary N) is 2. The molecule has 20 heavy (non-hydrogen) atoms. The van der Waals surface area contributed by atoms with Crippen LogP contribution in [-0.4, -0.2) is 17.4 Å². The number of hydrogen-bond donors (Lipinski definition) is 2. The fourth-order valence-corrected chi connectivity index (χ4v) is 1.96. The number of nitrogens with zero attached hydrogens (tertiary/aromatic N) is 1. The molecule has 1 amide bonds. The fourth-order valence-electron chi connectivity index (χ4n) is 1.60. The van der Waals surface area contributed by atoms with Crippen molar-refractivity contribution in [2.75, 3.05) is 17.2 Å². The number of pyridine rings is 1. The van der Waals surface area contributed by atoms with Crippen LogP contribution in [0.4, 0.5) is 11.5 Å². The van der Waals surface area contributed by atoms with Gasteiger partial charge >= 0.3 is 0 Å². The Labute approximate surface area is 127 Å². The summed E-state index contributed by atoms with van der Waals surface area (Å²) in [6.45, 7) is 2.65. The van der Waals surface area contributed by atoms with E-state index < -0.39 is 0 Å². The topological polar surface area (TPSA) is 54.0 Å². The van der Waals surface area contributed by atoms with Gasteiger partial charge in [0.1, 0.15) is 5.82 Å². The van der Waals surface area contributed by atoms with Crippen LogP contribution in [-0.2, 0) is 0 Å². The third-order valence-corrected chi connectivity index (χ3v) is 3.09. The van der Waals surface area contributed by atoms with Crippen molar-refractivity contribution in [3.63, 3.8) is 0 Å². The van der Waals surface area contributed by atoms with E-state index in [1.54, 1.807) is 30.3 Å². The molecule has 0 saturated heterocycles. The molecule has 0 radical (unpaired) electrons. The Morgan fingerprint density at radius 1 is 1.25 bits per heavy atom. The molecule has 104 valence electrons. The summed E-state index contributed by atoms with van der Waals surface area (Å²) in [5.74, 6) is 0.294. The van der Waals surface area contributed by atoms with E-state index in [0.29, 0.717) is 33.7 Å². The molecule has 1 heterocycles. The van der Waals surface area contributed by atoms with Crippen LogP contribution < -0.4 is 10.6 Å². The van der Waals surface area contributed by atoms with Crippen LogP contribution in [0, 0.1) is 0 Å². The first-order chi connectivity index (χ1) is 9.60. The molecule has 2 N–H and O–H groups in total. The molecular weight excluding hydrogens is 297 g/mol. The molecule has 6 heteroatoms. The van der Waals surface area contributed by atoms with Crippen molar-refractivity contribution in [3.05, 3.63) is 52.1 Å². The quantitative estimate of drug-likeness (QED) is 0.895. The van der Waals surface area contributed by atoms with Crippen LogP contribution in [0.5, 0.6) is 0 Å². The van der Waals surface area contributed by atoms with Gasteiger partial charge in [0.2, 0.25) is 0 Å². The van der Waals surface area contributed by atoms with Gasteiger partial charge in [0.15, 0.2) is 0 Å². The number of hydrogen-bond acceptors (Lipinski definition) is 3. The Morgan fingerprint density at radius 2 is 1.95 bits per heavy atom. The van der Waals surface area contributed by atoms with Crippen LogP contribution in [0.1, 0.15) is 17.3 Å². The van der Waals surface area contributed by atoms with Gasteiger partial charge in [0, 0.05) is 23.5 Å². The molecule has 0 saturated carbocycles. The second-order valence-corrected chi connectivity index (χ2v) is 4.89. The summed E-state index contributed by atoms with van der Waals surface area (Å²) in [6, 6.07) is 8.44. The summed E-state index contributed by atoms with van der Waals surface area (Å²) in [7, 11) is 0. The van der Waals surface area contributed by atoms with Crippen LogP contribution >= 0.6 is 23.2 Å². The minimum absolute atomic E-state index is 0.273. The lowest BCUT2D eigenvalue weighted by Gasteiger charge is -2.08. The lowest BCUT2D eigenvalue weighted by molar-refractivity contribution is 0.102. The fraction of sp³-hybridized carbons (Fsp3) is 0.143. The van der Waals surface area contributed by atoms with E-state index in [4.69, 9.17) is 23.2 Å². The van der Waals surface area contributed by atoms with E-state index in [0.717, 1.165) is 0 Å². The van der Waals surface area contributed by atoms with Gasteiger partial charge in [0.25, 0.3) is 5.91 Å². The average molecular weight is 310 g/mol. The summed E-state index contributed by atoms with van der Waals surface area (Å²) in [6.07, 6.45) is 1.48. The van der Waals surface area contributed by atoms with Crippen molar-refractivity contribution in [3.8, 4) is 0 Å². The molecule has 0 bridgehead atoms. The van der Waals surface area contributed by atoms with Gasteiger partial charge in [-0.15, -0.1) is 0 Å². The largest absolute Gasteiger partial charge is 0.369 e. The van der Waals surface area contributed by atoms with Gasteiger partial charge < -0.3 is 10.6 Å². The van der Waals surface area contributed by atoms with Gasteiger partial charge in [-0.1, -0.05) is 23.2 Å². The summed E-state index contributed by atoms with van der Waals surface area (Å²) < 4.78 is 0. The molecule has 2 rings (SSSR count). The highest BCUT2D eigenvalue weighted by atomic mass is 35.5. The van der Waals surface area contributed by atoms with Gasteiger partial charge in [-0.25, -0.2) is 4.98 Å². The summed E-state index contributed by atoms with van der Waals surface area (Å²) in [4.78, 5) is 16.2. The van der Waals surface area contributed by atoms with Crippen molar-refractivity contribution in [2.24, 2.45) is 0 Å². The lowest BCUT2D eigenvalue weighted by atomic mass is 10.2. The van der Waals surface area contributed by atoms with E-state index in [1.807, 2.05) is 6.92 Å². The predicted octanol–water partition coefficient (Wildman–Crippen LogP) is 4.07. The molecule has 2 aromatic rings. The predicted molar refractivity (Wildman–Crippen MR) is 82.8 cm³/mol. The lowest BCUT2D eigenvalue weighted by Crippen LogP contribution is -2.12. The van der Waals surface area contributed by atoms with Crippen molar-refractivity contribution in [2.45, 2.75) is 6.92 Å². The second-order valence-electron chi connectivity index (χ2n) is 4.05. The number of carbonyl (C=O) groups is 1. The van der Waals surface area contributed by atoms with E-state index in [1.165, 1.54) is 6.20 Å². The number of benzene rings is 1. The molecule has 0 unspecified atom stereocenters. The number of rotatable bonds is 4. The molecule has 0 fully saturated rings. The van der Waals surface area contributed by atoms with Crippen molar-refractivity contribution >= 4 is 40.6 Å². The van der Waals surface area contributed by atoms with Gasteiger partial charge in [-0.2, -0.15) is 0 Å². The molecule has 1 aromatic carbocycles. The summed E-state index contributed by atoms with van der Waals surface area (Å²) >= 11 is 11.8. The number of halogens is 2. The Bertz CT molecular complexity index is 614. The Hall–Kier alpha value is -1.78. The molecule has 1 aromatic heterocycles. The Morgan fingerprint density at radius 3 is 2.55 bits per heavy atom. The zero-order valence-corrected chi connectivity index (χ0v) is 12.3. The van der Waals surface area contributed by atoms with E-state index >= 15 is 0 Å². The summed E-state index contributed by atoms with van der Waals surface area (Å²) in [5.41, 5.74) is 1.05. The maximum atomic E-state index is 12.1. The zero-order valence-electron chi connectivity index (χ0n) is 10.8. The first-order valence-corrected chi connectivity index (χ1v) is 6.82. The first-order valence-electron chi connectivity index (χ1n) is 6.06. The maximum Gasteiger partial charge on any atom is 0.257 e. The molecule has 0 aliphatic heterocycles. The molecular formula is C14H13Cl2N3O. The normalized spacial score (nSPS) is 10.2. The highest BCUT2D eigenvalue weighted by Crippen LogP contribution is 2.21.